The maximum Gasteiger partial charge on any atom is 0.130 e. The third-order valence-corrected chi connectivity index (χ3v) is 4.48. The highest BCUT2D eigenvalue weighted by Gasteiger charge is 2.33. The average molecular weight is 281 g/mol. The molecule has 2 unspecified atom stereocenters. The Morgan fingerprint density at radius 3 is 2.30 bits per heavy atom. The van der Waals surface area contributed by atoms with Crippen molar-refractivity contribution in [1.29, 1.82) is 0 Å². The Morgan fingerprint density at radius 1 is 1.10 bits per heavy atom. The average Bonchev–Trinajstić information content (AvgIpc) is 2.37. The number of nitrogens with one attached hydrogen (secondary N) is 1. The number of hydrogen-bond donors (Lipinski definition) is 1. The quantitative estimate of drug-likeness (QED) is 0.849. The molecule has 1 fully saturated rings. The summed E-state index contributed by atoms with van der Waals surface area (Å²) in [5, 5.41) is 3.40. The van der Waals surface area contributed by atoms with E-state index >= 15 is 0 Å². The Balaban J connectivity index is 2.05. The van der Waals surface area contributed by atoms with Crippen LogP contribution in [0.25, 0.3) is 0 Å². The molecule has 1 saturated carbocycles. The molecule has 1 aromatic rings. The third kappa shape index (κ3) is 3.57. The van der Waals surface area contributed by atoms with Gasteiger partial charge in [0, 0.05) is 18.2 Å². The first-order valence-electron chi connectivity index (χ1n) is 7.56. The molecule has 3 heteroatoms. The first-order chi connectivity index (χ1) is 9.39. The van der Waals surface area contributed by atoms with Crippen LogP contribution < -0.4 is 5.32 Å². The van der Waals surface area contributed by atoms with Crippen molar-refractivity contribution in [3.63, 3.8) is 0 Å². The fraction of sp³-hybridized carbons (Fsp3) is 0.647. The molecule has 0 radical (unpaired) electrons. The smallest absolute Gasteiger partial charge is 0.130 e. The third-order valence-electron chi connectivity index (χ3n) is 4.48. The zero-order valence-corrected chi connectivity index (χ0v) is 12.7. The van der Waals surface area contributed by atoms with Gasteiger partial charge in [-0.15, -0.1) is 0 Å². The van der Waals surface area contributed by atoms with Crippen LogP contribution in [0.2, 0.25) is 0 Å². The largest absolute Gasteiger partial charge is 0.309 e. The summed E-state index contributed by atoms with van der Waals surface area (Å²) in [6, 6.07) is 4.40. The molecular weight excluding hydrogens is 256 g/mol. The van der Waals surface area contributed by atoms with E-state index in [1.807, 2.05) is 0 Å². The van der Waals surface area contributed by atoms with Crippen molar-refractivity contribution in [2.45, 2.75) is 59.0 Å². The molecule has 1 aliphatic rings. The highest BCUT2D eigenvalue weighted by atomic mass is 19.1. The molecule has 1 nitrogen and oxygen atoms in total. The molecule has 0 aliphatic heterocycles. The van der Waals surface area contributed by atoms with E-state index in [1.54, 1.807) is 0 Å². The van der Waals surface area contributed by atoms with Gasteiger partial charge in [0.2, 0.25) is 0 Å². The monoisotopic (exact) mass is 281 g/mol. The highest BCUT2D eigenvalue weighted by Crippen LogP contribution is 2.38. The summed E-state index contributed by atoms with van der Waals surface area (Å²) in [5.41, 5.74) is 0.386. The van der Waals surface area contributed by atoms with E-state index in [9.17, 15) is 8.78 Å². The van der Waals surface area contributed by atoms with E-state index in [0.29, 0.717) is 12.0 Å². The van der Waals surface area contributed by atoms with Crippen molar-refractivity contribution in [2.75, 3.05) is 0 Å². The summed E-state index contributed by atoms with van der Waals surface area (Å²) >= 11 is 0. The van der Waals surface area contributed by atoms with Gasteiger partial charge < -0.3 is 5.32 Å². The van der Waals surface area contributed by atoms with Crippen molar-refractivity contribution in [2.24, 2.45) is 11.3 Å². The number of halogens is 2. The van der Waals surface area contributed by atoms with Crippen LogP contribution >= 0.6 is 0 Å². The van der Waals surface area contributed by atoms with Crippen LogP contribution in [0.3, 0.4) is 0 Å². The van der Waals surface area contributed by atoms with Crippen LogP contribution in [-0.4, -0.2) is 6.04 Å². The predicted octanol–water partition coefficient (Wildman–Crippen LogP) is 4.66. The fourth-order valence-electron chi connectivity index (χ4n) is 3.35. The molecule has 0 spiro atoms. The van der Waals surface area contributed by atoms with Gasteiger partial charge in [0.25, 0.3) is 0 Å². The zero-order chi connectivity index (χ0) is 14.8. The topological polar surface area (TPSA) is 12.0 Å². The Morgan fingerprint density at radius 2 is 1.70 bits per heavy atom. The van der Waals surface area contributed by atoms with E-state index < -0.39 is 11.6 Å². The van der Waals surface area contributed by atoms with Crippen LogP contribution in [-0.2, 0) is 6.54 Å². The molecule has 0 bridgehead atoms. The van der Waals surface area contributed by atoms with E-state index in [-0.39, 0.29) is 17.5 Å². The molecule has 1 aromatic carbocycles. The lowest BCUT2D eigenvalue weighted by Crippen LogP contribution is -2.44. The van der Waals surface area contributed by atoms with Gasteiger partial charge in [-0.3, -0.25) is 0 Å². The Hall–Kier alpha value is -0.960. The molecule has 112 valence electrons. The van der Waals surface area contributed by atoms with E-state index in [4.69, 9.17) is 0 Å². The first kappa shape index (κ1) is 15.4. The summed E-state index contributed by atoms with van der Waals surface area (Å²) in [7, 11) is 0. The van der Waals surface area contributed by atoms with E-state index in [0.717, 1.165) is 6.42 Å². The molecule has 0 saturated heterocycles. The Labute approximate surface area is 120 Å². The lowest BCUT2D eigenvalue weighted by Gasteiger charge is -2.41. The number of rotatable bonds is 3. The van der Waals surface area contributed by atoms with Crippen LogP contribution in [0.4, 0.5) is 8.78 Å². The second kappa shape index (κ2) is 6.21. The van der Waals surface area contributed by atoms with Gasteiger partial charge in [0.05, 0.1) is 0 Å². The van der Waals surface area contributed by atoms with Gasteiger partial charge in [-0.2, -0.15) is 0 Å². The second-order valence-corrected chi connectivity index (χ2v) is 6.94. The SMILES string of the molecule is CC(C)(C)C1CCCCC1NCc1c(F)cccc1F. The maximum atomic E-state index is 13.7. The molecular formula is C17H25F2N. The molecule has 2 rings (SSSR count). The van der Waals surface area contributed by atoms with Gasteiger partial charge >= 0.3 is 0 Å². The predicted molar refractivity (Wildman–Crippen MR) is 78.4 cm³/mol. The fourth-order valence-corrected chi connectivity index (χ4v) is 3.35. The Kier molecular flexibility index (Phi) is 4.79. The normalized spacial score (nSPS) is 23.9. The van der Waals surface area contributed by atoms with Crippen molar-refractivity contribution in [3.8, 4) is 0 Å². The van der Waals surface area contributed by atoms with Gasteiger partial charge in [0.1, 0.15) is 11.6 Å². The minimum Gasteiger partial charge on any atom is -0.309 e. The minimum atomic E-state index is -0.458. The van der Waals surface area contributed by atoms with Crippen molar-refractivity contribution >= 4 is 0 Å². The van der Waals surface area contributed by atoms with Crippen LogP contribution in [0.1, 0.15) is 52.0 Å². The van der Waals surface area contributed by atoms with E-state index in [2.05, 4.69) is 26.1 Å². The highest BCUT2D eigenvalue weighted by molar-refractivity contribution is 5.19. The van der Waals surface area contributed by atoms with Crippen molar-refractivity contribution in [1.82, 2.24) is 5.32 Å². The first-order valence-corrected chi connectivity index (χ1v) is 7.56. The maximum absolute atomic E-state index is 13.7. The summed E-state index contributed by atoms with van der Waals surface area (Å²) < 4.78 is 27.3. The zero-order valence-electron chi connectivity index (χ0n) is 12.7. The summed E-state index contributed by atoms with van der Waals surface area (Å²) in [6.07, 6.45) is 4.75. The van der Waals surface area contributed by atoms with Crippen LogP contribution in [0, 0.1) is 23.0 Å². The Bertz CT molecular complexity index is 431. The molecule has 20 heavy (non-hydrogen) atoms. The summed E-state index contributed by atoms with van der Waals surface area (Å²) in [6.45, 7) is 7.03. The van der Waals surface area contributed by atoms with Gasteiger partial charge in [0.15, 0.2) is 0 Å². The second-order valence-electron chi connectivity index (χ2n) is 6.94. The summed E-state index contributed by atoms with van der Waals surface area (Å²) in [5.74, 6) is -0.354. The molecule has 1 aliphatic carbocycles. The van der Waals surface area contributed by atoms with Crippen LogP contribution in [0.5, 0.6) is 0 Å². The molecule has 1 N–H and O–H groups in total. The standard InChI is InChI=1S/C17H25F2N/c1-17(2,3)13-7-4-5-10-16(13)20-11-12-14(18)8-6-9-15(12)19/h6,8-9,13,16,20H,4-5,7,10-11H2,1-3H3. The number of hydrogen-bond acceptors (Lipinski definition) is 1. The minimum absolute atomic E-state index is 0.158. The van der Waals surface area contributed by atoms with Crippen molar-refractivity contribution in [3.05, 3.63) is 35.4 Å². The van der Waals surface area contributed by atoms with Gasteiger partial charge in [-0.25, -0.2) is 8.78 Å². The van der Waals surface area contributed by atoms with Gasteiger partial charge in [-0.05, 0) is 36.3 Å². The molecule has 0 heterocycles. The lowest BCUT2D eigenvalue weighted by molar-refractivity contribution is 0.130. The van der Waals surface area contributed by atoms with Gasteiger partial charge in [-0.1, -0.05) is 39.7 Å². The summed E-state index contributed by atoms with van der Waals surface area (Å²) in [4.78, 5) is 0. The van der Waals surface area contributed by atoms with E-state index in [1.165, 1.54) is 37.5 Å². The molecule has 0 aromatic heterocycles. The molecule has 0 amide bonds. The lowest BCUT2D eigenvalue weighted by atomic mass is 9.69. The van der Waals surface area contributed by atoms with Crippen LogP contribution in [0.15, 0.2) is 18.2 Å². The van der Waals surface area contributed by atoms with Crippen molar-refractivity contribution < 1.29 is 8.78 Å². The molecule has 2 atom stereocenters. The number of benzene rings is 1.